The molecule has 0 bridgehead atoms. The van der Waals surface area contributed by atoms with E-state index in [9.17, 15) is 0 Å². The molecule has 2 fully saturated rings. The minimum absolute atomic E-state index is 0.209. The fourth-order valence-electron chi connectivity index (χ4n) is 2.92. The molecular weight excluding hydrogens is 302 g/mol. The molecule has 0 spiro atoms. The SMILES string of the molecule is Clc1ccc(OCC2CCCCO2)c(NC2CCOCC2)c1. The number of ether oxygens (including phenoxy) is 3. The second kappa shape index (κ2) is 8.04. The maximum atomic E-state index is 6.14. The van der Waals surface area contributed by atoms with Crippen LogP contribution in [0, 0.1) is 0 Å². The molecule has 1 N–H and O–H groups in total. The third-order valence-electron chi connectivity index (χ3n) is 4.22. The number of rotatable bonds is 5. The summed E-state index contributed by atoms with van der Waals surface area (Å²) in [6, 6.07) is 6.16. The lowest BCUT2D eigenvalue weighted by Gasteiger charge is -2.26. The largest absolute Gasteiger partial charge is 0.489 e. The van der Waals surface area contributed by atoms with Crippen molar-refractivity contribution in [2.75, 3.05) is 31.7 Å². The number of benzene rings is 1. The molecule has 1 aromatic carbocycles. The van der Waals surface area contributed by atoms with Crippen molar-refractivity contribution in [3.05, 3.63) is 23.2 Å². The van der Waals surface area contributed by atoms with E-state index in [1.54, 1.807) is 0 Å². The van der Waals surface area contributed by atoms with Gasteiger partial charge in [-0.05, 0) is 50.3 Å². The topological polar surface area (TPSA) is 39.7 Å². The zero-order valence-corrected chi connectivity index (χ0v) is 13.6. The number of hydrogen-bond acceptors (Lipinski definition) is 4. The van der Waals surface area contributed by atoms with Crippen LogP contribution in [0.2, 0.25) is 5.02 Å². The third kappa shape index (κ3) is 4.51. The van der Waals surface area contributed by atoms with Crippen LogP contribution in [0.3, 0.4) is 0 Å². The molecule has 0 saturated carbocycles. The Balaban J connectivity index is 1.61. The van der Waals surface area contributed by atoms with Gasteiger partial charge in [-0.2, -0.15) is 0 Å². The first kappa shape index (κ1) is 15.9. The number of anilines is 1. The minimum atomic E-state index is 0.209. The van der Waals surface area contributed by atoms with Crippen molar-refractivity contribution in [2.24, 2.45) is 0 Å². The summed E-state index contributed by atoms with van der Waals surface area (Å²) in [5.41, 5.74) is 0.968. The van der Waals surface area contributed by atoms with Gasteiger partial charge >= 0.3 is 0 Å². The minimum Gasteiger partial charge on any atom is -0.489 e. The van der Waals surface area contributed by atoms with Crippen molar-refractivity contribution < 1.29 is 14.2 Å². The summed E-state index contributed by atoms with van der Waals surface area (Å²) in [6.07, 6.45) is 5.70. The van der Waals surface area contributed by atoms with Gasteiger partial charge in [0, 0.05) is 30.9 Å². The Kier molecular flexibility index (Phi) is 5.82. The average Bonchev–Trinajstić information content (AvgIpc) is 2.56. The maximum Gasteiger partial charge on any atom is 0.142 e. The van der Waals surface area contributed by atoms with E-state index in [2.05, 4.69) is 5.32 Å². The summed E-state index contributed by atoms with van der Waals surface area (Å²) >= 11 is 6.14. The van der Waals surface area contributed by atoms with Crippen LogP contribution in [0.15, 0.2) is 18.2 Å². The molecule has 4 nitrogen and oxygen atoms in total. The van der Waals surface area contributed by atoms with Crippen molar-refractivity contribution in [3.63, 3.8) is 0 Å². The highest BCUT2D eigenvalue weighted by Gasteiger charge is 2.18. The summed E-state index contributed by atoms with van der Waals surface area (Å²) in [7, 11) is 0. The van der Waals surface area contributed by atoms with Gasteiger partial charge in [-0.25, -0.2) is 0 Å². The molecule has 2 aliphatic heterocycles. The molecule has 22 heavy (non-hydrogen) atoms. The molecule has 0 amide bonds. The van der Waals surface area contributed by atoms with Gasteiger partial charge in [0.25, 0.3) is 0 Å². The van der Waals surface area contributed by atoms with Crippen LogP contribution in [-0.2, 0) is 9.47 Å². The summed E-state index contributed by atoms with van der Waals surface area (Å²) in [5.74, 6) is 0.852. The molecule has 1 aromatic rings. The Labute approximate surface area is 137 Å². The number of halogens is 1. The molecule has 122 valence electrons. The molecule has 2 heterocycles. The van der Waals surface area contributed by atoms with Crippen LogP contribution in [0.5, 0.6) is 5.75 Å². The molecular formula is C17H24ClNO3. The first-order chi connectivity index (χ1) is 10.8. The molecule has 5 heteroatoms. The second-order valence-corrected chi connectivity index (χ2v) is 6.41. The maximum absolute atomic E-state index is 6.14. The lowest BCUT2D eigenvalue weighted by Crippen LogP contribution is -2.29. The summed E-state index contributed by atoms with van der Waals surface area (Å²) in [5, 5.41) is 4.27. The highest BCUT2D eigenvalue weighted by molar-refractivity contribution is 6.30. The Morgan fingerprint density at radius 2 is 2.00 bits per heavy atom. The molecule has 2 saturated heterocycles. The molecule has 0 aliphatic carbocycles. The Hall–Kier alpha value is -0.970. The van der Waals surface area contributed by atoms with Gasteiger partial charge in [-0.1, -0.05) is 11.6 Å². The van der Waals surface area contributed by atoms with Crippen LogP contribution >= 0.6 is 11.6 Å². The van der Waals surface area contributed by atoms with Gasteiger partial charge in [0.05, 0.1) is 11.8 Å². The van der Waals surface area contributed by atoms with Crippen LogP contribution in [0.25, 0.3) is 0 Å². The molecule has 2 aliphatic rings. The van der Waals surface area contributed by atoms with Gasteiger partial charge in [-0.15, -0.1) is 0 Å². The Morgan fingerprint density at radius 1 is 1.14 bits per heavy atom. The van der Waals surface area contributed by atoms with Crippen molar-refractivity contribution in [1.82, 2.24) is 0 Å². The van der Waals surface area contributed by atoms with Crippen LogP contribution in [0.1, 0.15) is 32.1 Å². The van der Waals surface area contributed by atoms with Crippen molar-refractivity contribution in [1.29, 1.82) is 0 Å². The lowest BCUT2D eigenvalue weighted by atomic mass is 10.1. The van der Waals surface area contributed by atoms with Crippen LogP contribution in [-0.4, -0.2) is 38.6 Å². The normalized spacial score (nSPS) is 23.2. The molecule has 3 rings (SSSR count). The highest BCUT2D eigenvalue weighted by Crippen LogP contribution is 2.30. The Bertz CT molecular complexity index is 471. The van der Waals surface area contributed by atoms with Gasteiger partial charge < -0.3 is 19.5 Å². The monoisotopic (exact) mass is 325 g/mol. The zero-order valence-electron chi connectivity index (χ0n) is 12.9. The lowest BCUT2D eigenvalue weighted by molar-refractivity contribution is -0.0109. The van der Waals surface area contributed by atoms with Crippen LogP contribution in [0.4, 0.5) is 5.69 Å². The summed E-state index contributed by atoms with van der Waals surface area (Å²) < 4.78 is 17.1. The quantitative estimate of drug-likeness (QED) is 0.892. The number of nitrogens with one attached hydrogen (secondary N) is 1. The summed E-state index contributed by atoms with van der Waals surface area (Å²) in [4.78, 5) is 0. The predicted molar refractivity (Wildman–Crippen MR) is 88.0 cm³/mol. The van der Waals surface area contributed by atoms with Gasteiger partial charge in [-0.3, -0.25) is 0 Å². The van der Waals surface area contributed by atoms with E-state index in [1.165, 1.54) is 6.42 Å². The average molecular weight is 326 g/mol. The van der Waals surface area contributed by atoms with Crippen LogP contribution < -0.4 is 10.1 Å². The first-order valence-electron chi connectivity index (χ1n) is 8.19. The smallest absolute Gasteiger partial charge is 0.142 e. The van der Waals surface area contributed by atoms with E-state index in [0.29, 0.717) is 12.6 Å². The zero-order chi connectivity index (χ0) is 15.2. The second-order valence-electron chi connectivity index (χ2n) is 5.97. The molecule has 0 radical (unpaired) electrons. The molecule has 1 atom stereocenters. The van der Waals surface area contributed by atoms with E-state index >= 15 is 0 Å². The van der Waals surface area contributed by atoms with E-state index in [1.807, 2.05) is 18.2 Å². The summed E-state index contributed by atoms with van der Waals surface area (Å²) in [6.45, 7) is 3.07. The predicted octanol–water partition coefficient (Wildman–Crippen LogP) is 3.88. The van der Waals surface area contributed by atoms with E-state index in [-0.39, 0.29) is 6.10 Å². The van der Waals surface area contributed by atoms with E-state index in [0.717, 1.165) is 62.0 Å². The fraction of sp³-hybridized carbons (Fsp3) is 0.647. The fourth-order valence-corrected chi connectivity index (χ4v) is 3.10. The first-order valence-corrected chi connectivity index (χ1v) is 8.57. The Morgan fingerprint density at radius 3 is 2.77 bits per heavy atom. The van der Waals surface area contributed by atoms with Gasteiger partial charge in [0.2, 0.25) is 0 Å². The van der Waals surface area contributed by atoms with Crippen molar-refractivity contribution >= 4 is 17.3 Å². The number of hydrogen-bond donors (Lipinski definition) is 1. The van der Waals surface area contributed by atoms with E-state index < -0.39 is 0 Å². The van der Waals surface area contributed by atoms with Gasteiger partial charge in [0.1, 0.15) is 12.4 Å². The molecule has 1 unspecified atom stereocenters. The highest BCUT2D eigenvalue weighted by atomic mass is 35.5. The molecule has 0 aromatic heterocycles. The van der Waals surface area contributed by atoms with E-state index in [4.69, 9.17) is 25.8 Å². The third-order valence-corrected chi connectivity index (χ3v) is 4.46. The van der Waals surface area contributed by atoms with Crippen molar-refractivity contribution in [3.8, 4) is 5.75 Å². The van der Waals surface area contributed by atoms with Crippen molar-refractivity contribution in [2.45, 2.75) is 44.2 Å². The van der Waals surface area contributed by atoms with Gasteiger partial charge in [0.15, 0.2) is 0 Å². The standard InChI is InChI=1S/C17H24ClNO3/c18-13-4-5-17(22-12-15-3-1-2-8-21-15)16(11-13)19-14-6-9-20-10-7-14/h4-5,11,14-15,19H,1-3,6-10,12H2.